The zero-order valence-corrected chi connectivity index (χ0v) is 12.8. The largest absolute Gasteiger partial charge is 0.464 e. The molecular formula is C14H17ClN2O2S. The van der Waals surface area contributed by atoms with Crippen molar-refractivity contribution in [3.05, 3.63) is 28.8 Å². The van der Waals surface area contributed by atoms with E-state index in [-0.39, 0.29) is 12.0 Å². The third-order valence-electron chi connectivity index (χ3n) is 3.35. The summed E-state index contributed by atoms with van der Waals surface area (Å²) in [6, 6.07) is 5.05. The Morgan fingerprint density at radius 1 is 1.60 bits per heavy atom. The standard InChI is InChI=1S/C14H17ClN2O2S/c1-2-19-14(18)11-4-3-7-17(11)12-8-9(15)5-6-10(12)13(16)20/h5-6,8,11H,2-4,7H2,1H3,(H2,16,20). The fourth-order valence-electron chi connectivity index (χ4n) is 2.49. The fourth-order valence-corrected chi connectivity index (χ4v) is 2.83. The zero-order chi connectivity index (χ0) is 14.7. The molecule has 0 bridgehead atoms. The predicted molar refractivity (Wildman–Crippen MR) is 84.3 cm³/mol. The van der Waals surface area contributed by atoms with Gasteiger partial charge in [-0.2, -0.15) is 0 Å². The molecule has 0 aliphatic carbocycles. The molecule has 108 valence electrons. The molecule has 1 aliphatic rings. The number of ether oxygens (including phenoxy) is 1. The second kappa shape index (κ2) is 6.41. The van der Waals surface area contributed by atoms with Gasteiger partial charge < -0.3 is 15.4 Å². The molecule has 0 saturated carbocycles. The Morgan fingerprint density at radius 3 is 3.00 bits per heavy atom. The maximum Gasteiger partial charge on any atom is 0.328 e. The summed E-state index contributed by atoms with van der Waals surface area (Å²) in [4.78, 5) is 14.3. The maximum absolute atomic E-state index is 12.0. The summed E-state index contributed by atoms with van der Waals surface area (Å²) in [7, 11) is 0. The number of nitrogens with zero attached hydrogens (tertiary/aromatic N) is 1. The molecule has 1 aromatic carbocycles. The molecule has 20 heavy (non-hydrogen) atoms. The van der Waals surface area contributed by atoms with Crippen LogP contribution in [0.4, 0.5) is 5.69 Å². The first-order valence-corrected chi connectivity index (χ1v) is 7.36. The first-order chi connectivity index (χ1) is 9.54. The van der Waals surface area contributed by atoms with Gasteiger partial charge in [0.2, 0.25) is 0 Å². The van der Waals surface area contributed by atoms with Crippen LogP contribution >= 0.6 is 23.8 Å². The average Bonchev–Trinajstić information content (AvgIpc) is 2.87. The minimum Gasteiger partial charge on any atom is -0.464 e. The van der Waals surface area contributed by atoms with Crippen molar-refractivity contribution in [2.24, 2.45) is 5.73 Å². The maximum atomic E-state index is 12.0. The third kappa shape index (κ3) is 3.04. The van der Waals surface area contributed by atoms with Gasteiger partial charge in [-0.1, -0.05) is 23.8 Å². The van der Waals surface area contributed by atoms with Crippen molar-refractivity contribution < 1.29 is 9.53 Å². The van der Waals surface area contributed by atoms with E-state index >= 15 is 0 Å². The lowest BCUT2D eigenvalue weighted by atomic mass is 10.1. The summed E-state index contributed by atoms with van der Waals surface area (Å²) >= 11 is 11.1. The first kappa shape index (κ1) is 15.1. The van der Waals surface area contributed by atoms with E-state index < -0.39 is 0 Å². The van der Waals surface area contributed by atoms with Crippen molar-refractivity contribution in [3.63, 3.8) is 0 Å². The Bertz CT molecular complexity index is 536. The SMILES string of the molecule is CCOC(=O)C1CCCN1c1cc(Cl)ccc1C(N)=S. The molecule has 0 amide bonds. The second-order valence-corrected chi connectivity index (χ2v) is 5.51. The van der Waals surface area contributed by atoms with Crippen LogP contribution in [0, 0.1) is 0 Å². The number of thiocarbonyl (C=S) groups is 1. The molecule has 0 spiro atoms. The monoisotopic (exact) mass is 312 g/mol. The molecular weight excluding hydrogens is 296 g/mol. The molecule has 1 atom stereocenters. The number of anilines is 1. The van der Waals surface area contributed by atoms with Gasteiger partial charge in [-0.3, -0.25) is 0 Å². The molecule has 1 fully saturated rings. The summed E-state index contributed by atoms with van der Waals surface area (Å²) in [6.07, 6.45) is 1.69. The molecule has 1 unspecified atom stereocenters. The van der Waals surface area contributed by atoms with Crippen LogP contribution in [0.15, 0.2) is 18.2 Å². The quantitative estimate of drug-likeness (QED) is 0.684. The summed E-state index contributed by atoms with van der Waals surface area (Å²) in [5.41, 5.74) is 7.30. The molecule has 1 aliphatic heterocycles. The van der Waals surface area contributed by atoms with Gasteiger partial charge in [0.05, 0.1) is 6.61 Å². The van der Waals surface area contributed by atoms with Gasteiger partial charge in [-0.05, 0) is 38.0 Å². The van der Waals surface area contributed by atoms with Crippen molar-refractivity contribution in [1.29, 1.82) is 0 Å². The molecule has 1 saturated heterocycles. The van der Waals surface area contributed by atoms with Crippen molar-refractivity contribution in [1.82, 2.24) is 0 Å². The average molecular weight is 313 g/mol. The van der Waals surface area contributed by atoms with Crippen molar-refractivity contribution >= 4 is 40.5 Å². The van der Waals surface area contributed by atoms with Gasteiger partial charge in [0.25, 0.3) is 0 Å². The van der Waals surface area contributed by atoms with Crippen LogP contribution in [0.1, 0.15) is 25.3 Å². The minimum absolute atomic E-state index is 0.209. The van der Waals surface area contributed by atoms with E-state index in [1.165, 1.54) is 0 Å². The first-order valence-electron chi connectivity index (χ1n) is 6.57. The van der Waals surface area contributed by atoms with Gasteiger partial charge >= 0.3 is 5.97 Å². The highest BCUT2D eigenvalue weighted by molar-refractivity contribution is 7.80. The van der Waals surface area contributed by atoms with Crippen LogP contribution in [-0.2, 0) is 9.53 Å². The molecule has 2 rings (SSSR count). The van der Waals surface area contributed by atoms with E-state index in [1.807, 2.05) is 4.90 Å². The van der Waals surface area contributed by atoms with Gasteiger partial charge in [0.15, 0.2) is 0 Å². The molecule has 4 nitrogen and oxygen atoms in total. The van der Waals surface area contributed by atoms with Crippen LogP contribution in [0.25, 0.3) is 0 Å². The van der Waals surface area contributed by atoms with Crippen molar-refractivity contribution in [3.8, 4) is 0 Å². The number of nitrogens with two attached hydrogens (primary N) is 1. The van der Waals surface area contributed by atoms with Gasteiger partial charge in [0, 0.05) is 22.8 Å². The summed E-state index contributed by atoms with van der Waals surface area (Å²) in [6.45, 7) is 2.94. The lowest BCUT2D eigenvalue weighted by Gasteiger charge is -2.27. The second-order valence-electron chi connectivity index (χ2n) is 4.63. The number of benzene rings is 1. The number of carbonyl (C=O) groups excluding carboxylic acids is 1. The Labute approximate surface area is 128 Å². The highest BCUT2D eigenvalue weighted by atomic mass is 35.5. The topological polar surface area (TPSA) is 55.6 Å². The molecule has 1 heterocycles. The minimum atomic E-state index is -0.290. The van der Waals surface area contributed by atoms with E-state index in [2.05, 4.69) is 0 Å². The Balaban J connectivity index is 2.36. The van der Waals surface area contributed by atoms with E-state index in [0.29, 0.717) is 16.6 Å². The van der Waals surface area contributed by atoms with Crippen LogP contribution in [-0.4, -0.2) is 30.2 Å². The molecule has 2 N–H and O–H groups in total. The van der Waals surface area contributed by atoms with Crippen molar-refractivity contribution in [2.75, 3.05) is 18.1 Å². The summed E-state index contributed by atoms with van der Waals surface area (Å²) in [5.74, 6) is -0.209. The molecule has 6 heteroatoms. The number of carbonyl (C=O) groups is 1. The zero-order valence-electron chi connectivity index (χ0n) is 11.3. The highest BCUT2D eigenvalue weighted by Gasteiger charge is 2.33. The number of hydrogen-bond acceptors (Lipinski definition) is 4. The van der Waals surface area contributed by atoms with Crippen LogP contribution in [0.3, 0.4) is 0 Å². The fraction of sp³-hybridized carbons (Fsp3) is 0.429. The van der Waals surface area contributed by atoms with E-state index in [1.54, 1.807) is 25.1 Å². The third-order valence-corrected chi connectivity index (χ3v) is 3.80. The molecule has 1 aromatic rings. The van der Waals surface area contributed by atoms with Crippen LogP contribution in [0.5, 0.6) is 0 Å². The molecule has 0 radical (unpaired) electrons. The van der Waals surface area contributed by atoms with E-state index in [0.717, 1.165) is 30.6 Å². The Morgan fingerprint density at radius 2 is 2.35 bits per heavy atom. The summed E-state index contributed by atoms with van der Waals surface area (Å²) in [5, 5.41) is 0.592. The van der Waals surface area contributed by atoms with E-state index in [4.69, 9.17) is 34.3 Å². The number of rotatable bonds is 4. The van der Waals surface area contributed by atoms with Gasteiger partial charge in [0.1, 0.15) is 11.0 Å². The van der Waals surface area contributed by atoms with E-state index in [9.17, 15) is 4.79 Å². The van der Waals surface area contributed by atoms with Gasteiger partial charge in [-0.25, -0.2) is 4.79 Å². The van der Waals surface area contributed by atoms with Crippen LogP contribution < -0.4 is 10.6 Å². The Kier molecular flexibility index (Phi) is 4.83. The number of hydrogen-bond donors (Lipinski definition) is 1. The smallest absolute Gasteiger partial charge is 0.328 e. The highest BCUT2D eigenvalue weighted by Crippen LogP contribution is 2.31. The lowest BCUT2D eigenvalue weighted by Crippen LogP contribution is -2.38. The summed E-state index contributed by atoms with van der Waals surface area (Å²) < 4.78 is 5.13. The van der Waals surface area contributed by atoms with Crippen molar-refractivity contribution in [2.45, 2.75) is 25.8 Å². The molecule has 0 aromatic heterocycles. The van der Waals surface area contributed by atoms with Crippen LogP contribution in [0.2, 0.25) is 5.02 Å². The lowest BCUT2D eigenvalue weighted by molar-refractivity contribution is -0.144. The Hall–Kier alpha value is -1.33. The predicted octanol–water partition coefficient (Wildman–Crippen LogP) is 2.51. The van der Waals surface area contributed by atoms with Gasteiger partial charge in [-0.15, -0.1) is 0 Å². The normalized spacial score (nSPS) is 18.1. The number of halogens is 1. The number of esters is 1.